The lowest BCUT2D eigenvalue weighted by Gasteiger charge is -2.29. The first-order chi connectivity index (χ1) is 10.2. The van der Waals surface area contributed by atoms with Crippen LogP contribution in [0.2, 0.25) is 0 Å². The third kappa shape index (κ3) is 3.88. The Morgan fingerprint density at radius 2 is 1.52 bits per heavy atom. The second-order valence-electron chi connectivity index (χ2n) is 5.10. The zero-order chi connectivity index (χ0) is 15.2. The number of carbonyl (C=O) groups excluding carboxylic acids is 1. The van der Waals surface area contributed by atoms with Crippen LogP contribution in [-0.2, 0) is 9.47 Å². The van der Waals surface area contributed by atoms with Gasteiger partial charge in [0, 0.05) is 13.2 Å². The maximum absolute atomic E-state index is 12.3. The predicted octanol–water partition coefficient (Wildman–Crippen LogP) is 2.82. The lowest BCUT2D eigenvalue weighted by atomic mass is 9.94. The van der Waals surface area contributed by atoms with Crippen molar-refractivity contribution in [3.63, 3.8) is 0 Å². The molecule has 0 N–H and O–H groups in total. The largest absolute Gasteiger partial charge is 0.497 e. The molecule has 2 unspecified atom stereocenters. The van der Waals surface area contributed by atoms with Crippen LogP contribution in [0.5, 0.6) is 11.5 Å². The minimum atomic E-state index is -0.374. The molecule has 1 saturated carbocycles. The second kappa shape index (κ2) is 7.31. The van der Waals surface area contributed by atoms with E-state index in [1.165, 1.54) is 0 Å². The number of esters is 1. The summed E-state index contributed by atoms with van der Waals surface area (Å²) in [5.74, 6) is 0.752. The molecule has 5 nitrogen and oxygen atoms in total. The van der Waals surface area contributed by atoms with E-state index in [0.29, 0.717) is 17.1 Å². The highest BCUT2D eigenvalue weighted by atomic mass is 16.6. The van der Waals surface area contributed by atoms with Gasteiger partial charge in [0.2, 0.25) is 0 Å². The Morgan fingerprint density at radius 1 is 0.952 bits per heavy atom. The molecule has 0 bridgehead atoms. The first kappa shape index (κ1) is 15.6. The van der Waals surface area contributed by atoms with Crippen molar-refractivity contribution in [2.75, 3.05) is 21.3 Å². The monoisotopic (exact) mass is 294 g/mol. The average Bonchev–Trinajstić information content (AvgIpc) is 2.54. The van der Waals surface area contributed by atoms with Crippen LogP contribution >= 0.6 is 0 Å². The van der Waals surface area contributed by atoms with E-state index in [0.717, 1.165) is 25.7 Å². The summed E-state index contributed by atoms with van der Waals surface area (Å²) in [6, 6.07) is 5.01. The van der Waals surface area contributed by atoms with E-state index in [-0.39, 0.29) is 18.2 Å². The van der Waals surface area contributed by atoms with Crippen LogP contribution in [0.25, 0.3) is 0 Å². The molecule has 1 aromatic rings. The third-order valence-electron chi connectivity index (χ3n) is 3.79. The lowest BCUT2D eigenvalue weighted by Crippen LogP contribution is -2.35. The molecule has 0 saturated heterocycles. The number of hydrogen-bond donors (Lipinski definition) is 0. The molecule has 1 aromatic carbocycles. The van der Waals surface area contributed by atoms with Gasteiger partial charge in [-0.3, -0.25) is 0 Å². The zero-order valence-corrected chi connectivity index (χ0v) is 12.8. The predicted molar refractivity (Wildman–Crippen MR) is 78.0 cm³/mol. The van der Waals surface area contributed by atoms with Gasteiger partial charge in [0.15, 0.2) is 0 Å². The van der Waals surface area contributed by atoms with Crippen molar-refractivity contribution in [1.82, 2.24) is 0 Å². The van der Waals surface area contributed by atoms with Gasteiger partial charge in [-0.2, -0.15) is 0 Å². The van der Waals surface area contributed by atoms with Crippen molar-refractivity contribution >= 4 is 5.97 Å². The van der Waals surface area contributed by atoms with Crippen LogP contribution in [0.1, 0.15) is 36.0 Å². The van der Waals surface area contributed by atoms with Crippen LogP contribution in [0.3, 0.4) is 0 Å². The smallest absolute Gasteiger partial charge is 0.338 e. The van der Waals surface area contributed by atoms with Crippen molar-refractivity contribution in [2.45, 2.75) is 37.9 Å². The molecule has 0 aliphatic heterocycles. The number of methoxy groups -OCH3 is 3. The minimum absolute atomic E-state index is 0.0183. The summed E-state index contributed by atoms with van der Waals surface area (Å²) in [6.07, 6.45) is 3.73. The first-order valence-corrected chi connectivity index (χ1v) is 7.14. The Morgan fingerprint density at radius 3 is 2.05 bits per heavy atom. The van der Waals surface area contributed by atoms with Gasteiger partial charge >= 0.3 is 5.97 Å². The van der Waals surface area contributed by atoms with Gasteiger partial charge in [-0.05, 0) is 31.4 Å². The van der Waals surface area contributed by atoms with E-state index in [2.05, 4.69) is 0 Å². The number of rotatable bonds is 5. The molecule has 21 heavy (non-hydrogen) atoms. The van der Waals surface area contributed by atoms with Gasteiger partial charge in [0.1, 0.15) is 17.6 Å². The fraction of sp³-hybridized carbons (Fsp3) is 0.562. The Balaban J connectivity index is 2.12. The highest BCUT2D eigenvalue weighted by Crippen LogP contribution is 2.27. The molecule has 1 aliphatic carbocycles. The van der Waals surface area contributed by atoms with E-state index in [1.54, 1.807) is 39.5 Å². The highest BCUT2D eigenvalue weighted by molar-refractivity contribution is 5.90. The normalized spacial score (nSPS) is 21.7. The van der Waals surface area contributed by atoms with Gasteiger partial charge in [0.25, 0.3) is 0 Å². The van der Waals surface area contributed by atoms with E-state index in [9.17, 15) is 4.79 Å². The van der Waals surface area contributed by atoms with Crippen LogP contribution in [0.4, 0.5) is 0 Å². The average molecular weight is 294 g/mol. The summed E-state index contributed by atoms with van der Waals surface area (Å²) in [4.78, 5) is 12.3. The Hall–Kier alpha value is -1.75. The van der Waals surface area contributed by atoms with Crippen LogP contribution in [0.15, 0.2) is 18.2 Å². The van der Waals surface area contributed by atoms with Crippen molar-refractivity contribution in [1.29, 1.82) is 0 Å². The molecule has 116 valence electrons. The van der Waals surface area contributed by atoms with Crippen molar-refractivity contribution in [2.24, 2.45) is 0 Å². The van der Waals surface area contributed by atoms with Gasteiger partial charge in [-0.25, -0.2) is 4.79 Å². The minimum Gasteiger partial charge on any atom is -0.497 e. The summed E-state index contributed by atoms with van der Waals surface area (Å²) in [5, 5.41) is 0. The second-order valence-corrected chi connectivity index (χ2v) is 5.10. The molecule has 1 fully saturated rings. The molecule has 5 heteroatoms. The summed E-state index contributed by atoms with van der Waals surface area (Å²) in [7, 11) is 4.75. The van der Waals surface area contributed by atoms with Gasteiger partial charge in [0.05, 0.1) is 25.9 Å². The molecule has 2 atom stereocenters. The molecular formula is C16H22O5. The van der Waals surface area contributed by atoms with Crippen molar-refractivity contribution in [3.05, 3.63) is 23.8 Å². The molecule has 0 aromatic heterocycles. The molecule has 0 heterocycles. The molecule has 1 aliphatic rings. The Labute approximate surface area is 125 Å². The summed E-state index contributed by atoms with van der Waals surface area (Å²) >= 11 is 0. The molecule has 0 amide bonds. The quantitative estimate of drug-likeness (QED) is 0.782. The Bertz CT molecular complexity index is 463. The van der Waals surface area contributed by atoms with E-state index >= 15 is 0 Å². The third-order valence-corrected chi connectivity index (χ3v) is 3.79. The van der Waals surface area contributed by atoms with Gasteiger partial charge in [-0.15, -0.1) is 0 Å². The maximum Gasteiger partial charge on any atom is 0.338 e. The van der Waals surface area contributed by atoms with Crippen LogP contribution in [-0.4, -0.2) is 39.5 Å². The SMILES string of the molecule is COc1cc(OC)cc(C(=O)OC2CCCCC2OC)c1. The summed E-state index contributed by atoms with van der Waals surface area (Å²) in [6.45, 7) is 0. The van der Waals surface area contributed by atoms with Gasteiger partial charge in [-0.1, -0.05) is 6.42 Å². The fourth-order valence-corrected chi connectivity index (χ4v) is 2.60. The number of ether oxygens (including phenoxy) is 4. The topological polar surface area (TPSA) is 54.0 Å². The molecule has 0 spiro atoms. The lowest BCUT2D eigenvalue weighted by molar-refractivity contribution is -0.0539. The highest BCUT2D eigenvalue weighted by Gasteiger charge is 2.28. The van der Waals surface area contributed by atoms with E-state index in [1.807, 2.05) is 0 Å². The van der Waals surface area contributed by atoms with Crippen LogP contribution in [0, 0.1) is 0 Å². The molecular weight excluding hydrogens is 272 g/mol. The van der Waals surface area contributed by atoms with Crippen molar-refractivity contribution < 1.29 is 23.7 Å². The van der Waals surface area contributed by atoms with Crippen LogP contribution < -0.4 is 9.47 Å². The van der Waals surface area contributed by atoms with Gasteiger partial charge < -0.3 is 18.9 Å². The Kier molecular flexibility index (Phi) is 5.44. The molecule has 0 radical (unpaired) electrons. The summed E-state index contributed by atoms with van der Waals surface area (Å²) < 4.78 is 21.3. The fourth-order valence-electron chi connectivity index (χ4n) is 2.60. The van der Waals surface area contributed by atoms with E-state index < -0.39 is 0 Å². The number of benzene rings is 1. The number of hydrogen-bond acceptors (Lipinski definition) is 5. The zero-order valence-electron chi connectivity index (χ0n) is 12.8. The standard InChI is InChI=1S/C16H22O5/c1-18-12-8-11(9-13(10-12)19-2)16(17)21-15-7-5-4-6-14(15)20-3/h8-10,14-15H,4-7H2,1-3H3. The van der Waals surface area contributed by atoms with Crippen molar-refractivity contribution in [3.8, 4) is 11.5 Å². The maximum atomic E-state index is 12.3. The summed E-state index contributed by atoms with van der Waals surface area (Å²) in [5.41, 5.74) is 0.423. The molecule has 2 rings (SSSR count). The van der Waals surface area contributed by atoms with E-state index in [4.69, 9.17) is 18.9 Å². The number of carbonyl (C=O) groups is 1. The first-order valence-electron chi connectivity index (χ1n) is 7.14.